The Kier molecular flexibility index (Phi) is 7.86. The van der Waals surface area contributed by atoms with Crippen LogP contribution in [-0.2, 0) is 14.6 Å². The van der Waals surface area contributed by atoms with Gasteiger partial charge in [0.1, 0.15) is 11.6 Å². The molecule has 2 N–H and O–H groups in total. The van der Waals surface area contributed by atoms with Crippen molar-refractivity contribution in [2.75, 3.05) is 6.26 Å². The molecule has 1 aliphatic rings. The smallest absolute Gasteiger partial charge is 0.336 e. The summed E-state index contributed by atoms with van der Waals surface area (Å²) in [6.07, 6.45) is -2.42. The Balaban J connectivity index is 1.88. The van der Waals surface area contributed by atoms with Crippen LogP contribution in [0.25, 0.3) is 11.1 Å². The average molecular weight is 522 g/mol. The second-order valence-corrected chi connectivity index (χ2v) is 11.9. The molecule has 2 aromatic carbocycles. The van der Waals surface area contributed by atoms with E-state index in [1.54, 1.807) is 25.1 Å². The van der Waals surface area contributed by atoms with E-state index in [0.29, 0.717) is 29.5 Å². The molecular weight excluding hydrogens is 491 g/mol. The minimum atomic E-state index is -4.67. The van der Waals surface area contributed by atoms with E-state index in [9.17, 15) is 31.6 Å². The van der Waals surface area contributed by atoms with Crippen LogP contribution >= 0.6 is 0 Å². The first-order valence-corrected chi connectivity index (χ1v) is 13.5. The van der Waals surface area contributed by atoms with Gasteiger partial charge in [-0.05, 0) is 66.5 Å². The minimum Gasteiger partial charge on any atom is -0.336 e. The first kappa shape index (κ1) is 27.7. The Morgan fingerprint density at radius 3 is 2.19 bits per heavy atom. The number of halogens is 3. The number of rotatable bonds is 9. The highest BCUT2D eigenvalue weighted by Gasteiger charge is 2.47. The lowest BCUT2D eigenvalue weighted by Gasteiger charge is -2.29. The number of benzene rings is 2. The first-order valence-electron chi connectivity index (χ1n) is 11.6. The topological polar surface area (TPSA) is 99.1 Å². The van der Waals surface area contributed by atoms with Gasteiger partial charge < -0.3 is 5.32 Å². The molecule has 0 aromatic heterocycles. The van der Waals surface area contributed by atoms with Crippen LogP contribution in [0.3, 0.4) is 0 Å². The lowest BCUT2D eigenvalue weighted by Crippen LogP contribution is -2.52. The van der Waals surface area contributed by atoms with E-state index in [4.69, 9.17) is 0 Å². The molecule has 0 radical (unpaired) electrons. The van der Waals surface area contributed by atoms with Crippen LogP contribution < -0.4 is 10.6 Å². The van der Waals surface area contributed by atoms with Gasteiger partial charge in [-0.2, -0.15) is 18.4 Å². The van der Waals surface area contributed by atoms with Gasteiger partial charge >= 0.3 is 6.18 Å². The molecule has 2 aromatic rings. The predicted octanol–water partition coefficient (Wildman–Crippen LogP) is 4.85. The number of sulfone groups is 1. The number of aryl methyl sites for hydroxylation is 1. The van der Waals surface area contributed by atoms with E-state index in [0.717, 1.165) is 6.26 Å². The number of hydrogen-bond acceptors (Lipinski definition) is 5. The largest absolute Gasteiger partial charge is 0.407 e. The van der Waals surface area contributed by atoms with Crippen molar-refractivity contribution in [1.29, 1.82) is 5.26 Å². The van der Waals surface area contributed by atoms with Crippen molar-refractivity contribution in [3.63, 3.8) is 0 Å². The van der Waals surface area contributed by atoms with Gasteiger partial charge in [0.05, 0.1) is 17.0 Å². The summed E-state index contributed by atoms with van der Waals surface area (Å²) in [5.41, 5.74) is 0.983. The highest BCUT2D eigenvalue weighted by molar-refractivity contribution is 7.90. The lowest BCUT2D eigenvalue weighted by atomic mass is 9.96. The molecule has 3 rings (SSSR count). The van der Waals surface area contributed by atoms with Crippen LogP contribution in [-0.4, -0.2) is 38.3 Å². The Morgan fingerprint density at radius 1 is 1.14 bits per heavy atom. The van der Waals surface area contributed by atoms with E-state index >= 15 is 0 Å². The zero-order chi connectivity index (χ0) is 26.9. The van der Waals surface area contributed by atoms with Crippen molar-refractivity contribution in [2.24, 2.45) is 5.92 Å². The quantitative estimate of drug-likeness (QED) is 0.492. The minimum absolute atomic E-state index is 0.0559. The Bertz CT molecular complexity index is 1260. The van der Waals surface area contributed by atoms with E-state index in [2.05, 4.69) is 10.6 Å². The Morgan fingerprint density at radius 2 is 1.75 bits per heavy atom. The monoisotopic (exact) mass is 521 g/mol. The van der Waals surface area contributed by atoms with Crippen molar-refractivity contribution in [3.05, 3.63) is 53.6 Å². The number of carbonyl (C=O) groups excluding carboxylic acids is 1. The van der Waals surface area contributed by atoms with Crippen molar-refractivity contribution in [2.45, 2.75) is 68.7 Å². The van der Waals surface area contributed by atoms with Gasteiger partial charge in [-0.25, -0.2) is 8.42 Å². The number of nitrogens with one attached hydrogen (secondary N) is 2. The number of nitrogens with zero attached hydrogens (tertiary/aromatic N) is 1. The molecule has 36 heavy (non-hydrogen) atoms. The third-order valence-corrected chi connectivity index (χ3v) is 7.34. The highest BCUT2D eigenvalue weighted by atomic mass is 32.2. The molecule has 0 spiro atoms. The van der Waals surface area contributed by atoms with Crippen molar-refractivity contribution >= 4 is 15.7 Å². The van der Waals surface area contributed by atoms with Gasteiger partial charge in [0, 0.05) is 6.26 Å². The van der Waals surface area contributed by atoms with E-state index < -0.39 is 39.5 Å². The maximum atomic E-state index is 14.1. The summed E-state index contributed by atoms with van der Waals surface area (Å²) < 4.78 is 65.9. The third-order valence-electron chi connectivity index (χ3n) is 6.23. The third kappa shape index (κ3) is 6.65. The van der Waals surface area contributed by atoms with Crippen LogP contribution in [0.1, 0.15) is 50.3 Å². The van der Waals surface area contributed by atoms with E-state index in [-0.39, 0.29) is 22.8 Å². The molecule has 1 aliphatic carbocycles. The predicted molar refractivity (Wildman–Crippen MR) is 131 cm³/mol. The molecule has 1 amide bonds. The maximum absolute atomic E-state index is 14.1. The second kappa shape index (κ2) is 10.2. The fourth-order valence-corrected chi connectivity index (χ4v) is 4.77. The van der Waals surface area contributed by atoms with Gasteiger partial charge in [-0.15, -0.1) is 0 Å². The molecule has 0 aliphatic heterocycles. The van der Waals surface area contributed by atoms with Crippen LogP contribution in [0.2, 0.25) is 0 Å². The molecule has 0 heterocycles. The summed E-state index contributed by atoms with van der Waals surface area (Å²) in [6.45, 7) is 5.36. The van der Waals surface area contributed by atoms with Gasteiger partial charge in [0.25, 0.3) is 0 Å². The van der Waals surface area contributed by atoms with E-state index in [1.165, 1.54) is 24.3 Å². The molecule has 2 atom stereocenters. The van der Waals surface area contributed by atoms with Gasteiger partial charge in [0.2, 0.25) is 5.91 Å². The van der Waals surface area contributed by atoms with Crippen LogP contribution in [0.15, 0.2) is 47.4 Å². The highest BCUT2D eigenvalue weighted by Crippen LogP contribution is 2.37. The molecule has 0 saturated heterocycles. The molecule has 194 valence electrons. The molecule has 10 heteroatoms. The zero-order valence-electron chi connectivity index (χ0n) is 20.6. The number of carbonyl (C=O) groups is 1. The number of amides is 1. The number of hydrogen-bond donors (Lipinski definition) is 2. The average Bonchev–Trinajstić information content (AvgIpc) is 3.55. The van der Waals surface area contributed by atoms with Crippen LogP contribution in [0, 0.1) is 24.2 Å². The zero-order valence-corrected chi connectivity index (χ0v) is 21.4. The number of alkyl halides is 3. The Hall–Kier alpha value is -2.90. The Labute approximate surface area is 209 Å². The first-order chi connectivity index (χ1) is 16.6. The summed E-state index contributed by atoms with van der Waals surface area (Å²) >= 11 is 0. The van der Waals surface area contributed by atoms with Crippen LogP contribution in [0.5, 0.6) is 0 Å². The molecule has 1 fully saturated rings. The second-order valence-electron chi connectivity index (χ2n) is 9.88. The summed E-state index contributed by atoms with van der Waals surface area (Å²) in [4.78, 5) is 13.0. The normalized spacial score (nSPS) is 16.8. The molecule has 0 unspecified atom stereocenters. The lowest BCUT2D eigenvalue weighted by molar-refractivity contribution is -0.161. The van der Waals surface area contributed by atoms with E-state index in [1.807, 2.05) is 19.9 Å². The number of nitriles is 1. The molecule has 6 nitrogen and oxygen atoms in total. The summed E-state index contributed by atoms with van der Waals surface area (Å²) in [5, 5.41) is 14.4. The summed E-state index contributed by atoms with van der Waals surface area (Å²) in [6, 6.07) is 9.23. The standard InChI is InChI=1S/C26H30F3N3O3S/c1-16(2)13-22(24(33)32-25(15-30)11-12-25)31-23(26(27,28)29)19-7-5-18(6-8-19)21-10-9-20(14-17(21)3)36(4,34)35/h5-10,14,16,22-23,31H,11-13H2,1-4H3,(H,32,33)/t22-,23-/m0/s1. The molecule has 1 saturated carbocycles. The molecule has 0 bridgehead atoms. The van der Waals surface area contributed by atoms with Gasteiger partial charge in [0.15, 0.2) is 9.84 Å². The summed E-state index contributed by atoms with van der Waals surface area (Å²) in [5.74, 6) is -0.671. The molecular formula is C26H30F3N3O3S. The van der Waals surface area contributed by atoms with Crippen molar-refractivity contribution in [3.8, 4) is 17.2 Å². The fourth-order valence-electron chi connectivity index (χ4n) is 4.06. The van der Waals surface area contributed by atoms with Crippen LogP contribution in [0.4, 0.5) is 13.2 Å². The fraction of sp³-hybridized carbons (Fsp3) is 0.462. The van der Waals surface area contributed by atoms with Gasteiger partial charge in [-0.3, -0.25) is 10.1 Å². The van der Waals surface area contributed by atoms with Crippen molar-refractivity contribution in [1.82, 2.24) is 10.6 Å². The van der Waals surface area contributed by atoms with Gasteiger partial charge in [-0.1, -0.05) is 44.2 Å². The maximum Gasteiger partial charge on any atom is 0.407 e. The summed E-state index contributed by atoms with van der Waals surface area (Å²) in [7, 11) is -3.38. The van der Waals surface area contributed by atoms with Crippen molar-refractivity contribution < 1.29 is 26.4 Å². The SMILES string of the molecule is Cc1cc(S(C)(=O)=O)ccc1-c1ccc([C@H](N[C@@H](CC(C)C)C(=O)NC2(C#N)CC2)C(F)(F)F)cc1.